The van der Waals surface area contributed by atoms with Crippen LogP contribution in [0.2, 0.25) is 0 Å². The van der Waals surface area contributed by atoms with E-state index in [9.17, 15) is 4.79 Å². The topological polar surface area (TPSA) is 29.1 Å². The molecule has 0 bridgehead atoms. The standard InChI is InChI=1S/C22H25NO/c1-15-9-10-18-14-19(12-11-17(18)13-15)22(24)23-21-8-4-6-16-5-2-3-7-20(16)21/h2-3,5,7,9-10,13,19,21H,4,6,8,11-12,14H2,1H3,(H,23,24)/t19-,21-/m0/s1. The molecule has 2 aromatic rings. The summed E-state index contributed by atoms with van der Waals surface area (Å²) in [6, 6.07) is 15.4. The lowest BCUT2D eigenvalue weighted by Crippen LogP contribution is -2.37. The molecule has 2 aromatic carbocycles. The van der Waals surface area contributed by atoms with Gasteiger partial charge in [0.05, 0.1) is 6.04 Å². The Labute approximate surface area is 144 Å². The van der Waals surface area contributed by atoms with Gasteiger partial charge in [0.25, 0.3) is 0 Å². The van der Waals surface area contributed by atoms with E-state index in [-0.39, 0.29) is 17.9 Å². The Morgan fingerprint density at radius 1 is 1.00 bits per heavy atom. The van der Waals surface area contributed by atoms with Gasteiger partial charge in [-0.15, -0.1) is 0 Å². The molecule has 0 radical (unpaired) electrons. The van der Waals surface area contributed by atoms with Crippen molar-refractivity contribution in [3.05, 3.63) is 70.3 Å². The van der Waals surface area contributed by atoms with Crippen molar-refractivity contribution in [1.82, 2.24) is 5.32 Å². The van der Waals surface area contributed by atoms with Crippen molar-refractivity contribution in [3.63, 3.8) is 0 Å². The largest absolute Gasteiger partial charge is 0.349 e. The van der Waals surface area contributed by atoms with Crippen molar-refractivity contribution in [2.75, 3.05) is 0 Å². The SMILES string of the molecule is Cc1ccc2c(c1)CC[C@H](C(=O)N[C@H]1CCCc3ccccc31)C2. The molecule has 0 aromatic heterocycles. The number of amides is 1. The van der Waals surface area contributed by atoms with E-state index < -0.39 is 0 Å². The van der Waals surface area contributed by atoms with Crippen LogP contribution in [0.15, 0.2) is 42.5 Å². The van der Waals surface area contributed by atoms with Crippen LogP contribution in [0.4, 0.5) is 0 Å². The maximum atomic E-state index is 12.8. The third-order valence-electron chi connectivity index (χ3n) is 5.65. The summed E-state index contributed by atoms with van der Waals surface area (Å²) in [4.78, 5) is 12.8. The van der Waals surface area contributed by atoms with Gasteiger partial charge in [0, 0.05) is 5.92 Å². The van der Waals surface area contributed by atoms with Crippen LogP contribution in [0.3, 0.4) is 0 Å². The first-order chi connectivity index (χ1) is 11.7. The zero-order valence-electron chi connectivity index (χ0n) is 14.3. The third kappa shape index (κ3) is 2.98. The molecule has 0 aliphatic heterocycles. The molecular formula is C22H25NO. The molecule has 0 spiro atoms. The molecule has 1 amide bonds. The fraction of sp³-hybridized carbons (Fsp3) is 0.409. The number of hydrogen-bond donors (Lipinski definition) is 1. The number of carbonyl (C=O) groups excluding carboxylic acids is 1. The van der Waals surface area contributed by atoms with Crippen molar-refractivity contribution in [2.45, 2.75) is 51.5 Å². The predicted octanol–water partition coefficient (Wildman–Crippen LogP) is 4.29. The lowest BCUT2D eigenvalue weighted by molar-refractivity contribution is -0.126. The van der Waals surface area contributed by atoms with E-state index >= 15 is 0 Å². The van der Waals surface area contributed by atoms with E-state index in [2.05, 4.69) is 54.7 Å². The van der Waals surface area contributed by atoms with Gasteiger partial charge in [-0.25, -0.2) is 0 Å². The molecule has 24 heavy (non-hydrogen) atoms. The minimum Gasteiger partial charge on any atom is -0.349 e. The van der Waals surface area contributed by atoms with Crippen LogP contribution < -0.4 is 5.32 Å². The Bertz CT molecular complexity index is 764. The van der Waals surface area contributed by atoms with Gasteiger partial charge in [-0.2, -0.15) is 0 Å². The van der Waals surface area contributed by atoms with E-state index in [4.69, 9.17) is 0 Å². The van der Waals surface area contributed by atoms with Gasteiger partial charge in [0.15, 0.2) is 0 Å². The molecule has 124 valence electrons. The summed E-state index contributed by atoms with van der Waals surface area (Å²) in [5.41, 5.74) is 6.83. The summed E-state index contributed by atoms with van der Waals surface area (Å²) >= 11 is 0. The van der Waals surface area contributed by atoms with Crippen LogP contribution in [0.5, 0.6) is 0 Å². The molecule has 0 fully saturated rings. The van der Waals surface area contributed by atoms with Crippen molar-refractivity contribution in [1.29, 1.82) is 0 Å². The van der Waals surface area contributed by atoms with Crippen molar-refractivity contribution in [2.24, 2.45) is 5.92 Å². The smallest absolute Gasteiger partial charge is 0.223 e. The fourth-order valence-corrected chi connectivity index (χ4v) is 4.30. The Morgan fingerprint density at radius 3 is 2.79 bits per heavy atom. The second-order valence-electron chi connectivity index (χ2n) is 7.36. The van der Waals surface area contributed by atoms with E-state index in [0.29, 0.717) is 0 Å². The van der Waals surface area contributed by atoms with Gasteiger partial charge in [-0.05, 0) is 67.7 Å². The van der Waals surface area contributed by atoms with Crippen molar-refractivity contribution in [3.8, 4) is 0 Å². The van der Waals surface area contributed by atoms with E-state index in [1.807, 2.05) is 0 Å². The summed E-state index contributed by atoms with van der Waals surface area (Å²) in [5.74, 6) is 0.359. The zero-order valence-corrected chi connectivity index (χ0v) is 14.3. The number of aryl methyl sites for hydroxylation is 3. The van der Waals surface area contributed by atoms with Gasteiger partial charge >= 0.3 is 0 Å². The van der Waals surface area contributed by atoms with Gasteiger partial charge in [0.2, 0.25) is 5.91 Å². The highest BCUT2D eigenvalue weighted by atomic mass is 16.1. The minimum atomic E-state index is 0.120. The second kappa shape index (κ2) is 6.43. The number of nitrogens with one attached hydrogen (secondary N) is 1. The van der Waals surface area contributed by atoms with Gasteiger partial charge in [0.1, 0.15) is 0 Å². The number of benzene rings is 2. The predicted molar refractivity (Wildman–Crippen MR) is 97.0 cm³/mol. The molecule has 0 saturated carbocycles. The number of hydrogen-bond acceptors (Lipinski definition) is 1. The molecule has 1 N–H and O–H groups in total. The third-order valence-corrected chi connectivity index (χ3v) is 5.65. The molecule has 2 atom stereocenters. The first kappa shape index (κ1) is 15.4. The van der Waals surface area contributed by atoms with Crippen molar-refractivity contribution >= 4 is 5.91 Å². The van der Waals surface area contributed by atoms with E-state index in [0.717, 1.165) is 38.5 Å². The highest BCUT2D eigenvalue weighted by molar-refractivity contribution is 5.80. The molecule has 2 heteroatoms. The molecule has 2 nitrogen and oxygen atoms in total. The lowest BCUT2D eigenvalue weighted by Gasteiger charge is -2.30. The summed E-state index contributed by atoms with van der Waals surface area (Å²) in [5, 5.41) is 3.35. The number of rotatable bonds is 2. The maximum absolute atomic E-state index is 12.8. The Hall–Kier alpha value is -2.09. The van der Waals surface area contributed by atoms with Crippen LogP contribution in [-0.4, -0.2) is 5.91 Å². The van der Waals surface area contributed by atoms with E-state index in [1.54, 1.807) is 0 Å². The number of fused-ring (bicyclic) bond motifs is 2. The molecule has 2 aliphatic rings. The zero-order chi connectivity index (χ0) is 16.5. The van der Waals surface area contributed by atoms with Crippen LogP contribution in [0.25, 0.3) is 0 Å². The molecule has 2 aliphatic carbocycles. The second-order valence-corrected chi connectivity index (χ2v) is 7.36. The minimum absolute atomic E-state index is 0.120. The summed E-state index contributed by atoms with van der Waals surface area (Å²) < 4.78 is 0. The Kier molecular flexibility index (Phi) is 4.13. The maximum Gasteiger partial charge on any atom is 0.223 e. The Morgan fingerprint density at radius 2 is 1.88 bits per heavy atom. The van der Waals surface area contributed by atoms with Gasteiger partial charge < -0.3 is 5.32 Å². The Balaban J connectivity index is 1.47. The molecular weight excluding hydrogens is 294 g/mol. The van der Waals surface area contributed by atoms with Gasteiger partial charge in [-0.1, -0.05) is 48.0 Å². The number of carbonyl (C=O) groups is 1. The summed E-state index contributed by atoms with van der Waals surface area (Å²) in [6.07, 6.45) is 6.24. The quantitative estimate of drug-likeness (QED) is 0.879. The van der Waals surface area contributed by atoms with Crippen LogP contribution in [0.1, 0.15) is 53.1 Å². The highest BCUT2D eigenvalue weighted by Gasteiger charge is 2.28. The monoisotopic (exact) mass is 319 g/mol. The average Bonchev–Trinajstić information content (AvgIpc) is 2.61. The highest BCUT2D eigenvalue weighted by Crippen LogP contribution is 2.31. The lowest BCUT2D eigenvalue weighted by atomic mass is 9.82. The van der Waals surface area contributed by atoms with Crippen molar-refractivity contribution < 1.29 is 4.79 Å². The van der Waals surface area contributed by atoms with Crippen LogP contribution >= 0.6 is 0 Å². The van der Waals surface area contributed by atoms with Crippen LogP contribution in [-0.2, 0) is 24.1 Å². The average molecular weight is 319 g/mol. The van der Waals surface area contributed by atoms with E-state index in [1.165, 1.54) is 27.8 Å². The normalized spacial score (nSPS) is 22.4. The molecule has 0 heterocycles. The fourth-order valence-electron chi connectivity index (χ4n) is 4.30. The molecule has 0 saturated heterocycles. The summed E-state index contributed by atoms with van der Waals surface area (Å²) in [7, 11) is 0. The van der Waals surface area contributed by atoms with Crippen LogP contribution in [0, 0.1) is 12.8 Å². The molecule has 0 unspecified atom stereocenters. The molecule has 4 rings (SSSR count). The first-order valence-electron chi connectivity index (χ1n) is 9.17. The summed E-state index contributed by atoms with van der Waals surface area (Å²) in [6.45, 7) is 2.14. The van der Waals surface area contributed by atoms with Gasteiger partial charge in [-0.3, -0.25) is 4.79 Å². The first-order valence-corrected chi connectivity index (χ1v) is 9.17.